The summed E-state index contributed by atoms with van der Waals surface area (Å²) in [5.41, 5.74) is 2.85. The summed E-state index contributed by atoms with van der Waals surface area (Å²) in [6, 6.07) is 9.96. The zero-order chi connectivity index (χ0) is 20.8. The van der Waals surface area contributed by atoms with E-state index in [1.165, 1.54) is 6.08 Å². The topological polar surface area (TPSA) is 36.9 Å². The van der Waals surface area contributed by atoms with Crippen LogP contribution < -0.4 is 5.32 Å². The van der Waals surface area contributed by atoms with Crippen molar-refractivity contribution >= 4 is 6.21 Å². The van der Waals surface area contributed by atoms with E-state index in [9.17, 15) is 13.2 Å². The second-order valence-electron chi connectivity index (χ2n) is 5.87. The first-order valence-electron chi connectivity index (χ1n) is 9.08. The molecule has 154 valence electrons. The molecule has 0 heterocycles. The van der Waals surface area contributed by atoms with E-state index in [2.05, 4.69) is 15.2 Å². The second-order valence-corrected chi connectivity index (χ2v) is 5.87. The fourth-order valence-corrected chi connectivity index (χ4v) is 2.33. The van der Waals surface area contributed by atoms with Gasteiger partial charge in [0.05, 0.1) is 19.4 Å². The molecule has 0 aromatic heterocycles. The summed E-state index contributed by atoms with van der Waals surface area (Å²) < 4.78 is 39.9. The molecule has 0 aliphatic heterocycles. The highest BCUT2D eigenvalue weighted by Crippen LogP contribution is 2.16. The van der Waals surface area contributed by atoms with Crippen LogP contribution in [0.4, 0.5) is 13.2 Å². The molecule has 0 saturated carbocycles. The molecule has 7 heteroatoms. The minimum atomic E-state index is -4.63. The van der Waals surface area contributed by atoms with Crippen molar-refractivity contribution in [3.63, 3.8) is 0 Å². The number of benzene rings is 1. The smallest absolute Gasteiger partial charge is 0.319 e. The highest BCUT2D eigenvalue weighted by Gasteiger charge is 2.27. The molecule has 0 aliphatic rings. The van der Waals surface area contributed by atoms with Crippen LogP contribution in [0.15, 0.2) is 71.0 Å². The van der Waals surface area contributed by atoms with E-state index in [1.807, 2.05) is 55.4 Å². The van der Waals surface area contributed by atoms with Crippen LogP contribution in [0, 0.1) is 0 Å². The van der Waals surface area contributed by atoms with E-state index in [4.69, 9.17) is 0 Å². The molecular weight excluding hydrogens is 367 g/mol. The number of ether oxygens (including phenoxy) is 1. The lowest BCUT2D eigenvalue weighted by Gasteiger charge is -2.22. The predicted octanol–water partition coefficient (Wildman–Crippen LogP) is 5.03. The Hall–Kier alpha value is -2.38. The van der Waals surface area contributed by atoms with Gasteiger partial charge in [0.2, 0.25) is 0 Å². The standard InChI is InChI=1S/C21H28F3N3O/c1-4-18(12-9-15-28-21(22,23)24)16-26-27(20(5-2)13-14-25-3)17-19-10-7-6-8-11-19/h4-12,16,25H,13-15,17H2,1-3H3/b12-9-,18-4+,20-5+,26-16+. The molecule has 0 unspecified atom stereocenters. The van der Waals surface area contributed by atoms with Gasteiger partial charge in [0.25, 0.3) is 0 Å². The Labute approximate surface area is 165 Å². The van der Waals surface area contributed by atoms with Gasteiger partial charge in [-0.2, -0.15) is 5.10 Å². The van der Waals surface area contributed by atoms with Crippen molar-refractivity contribution in [1.82, 2.24) is 10.3 Å². The molecule has 0 saturated heterocycles. The Bertz CT molecular complexity index is 680. The van der Waals surface area contributed by atoms with Crippen molar-refractivity contribution in [1.29, 1.82) is 0 Å². The predicted molar refractivity (Wildman–Crippen MR) is 108 cm³/mol. The Kier molecular flexibility index (Phi) is 10.9. The second kappa shape index (κ2) is 12.9. The monoisotopic (exact) mass is 395 g/mol. The van der Waals surface area contributed by atoms with Crippen LogP contribution in [0.25, 0.3) is 0 Å². The zero-order valence-electron chi connectivity index (χ0n) is 16.5. The van der Waals surface area contributed by atoms with E-state index >= 15 is 0 Å². The van der Waals surface area contributed by atoms with Gasteiger partial charge in [-0.15, -0.1) is 13.2 Å². The maximum absolute atomic E-state index is 12.0. The van der Waals surface area contributed by atoms with Crippen molar-refractivity contribution in [3.8, 4) is 0 Å². The lowest BCUT2D eigenvalue weighted by molar-refractivity contribution is -0.319. The summed E-state index contributed by atoms with van der Waals surface area (Å²) in [7, 11) is 1.89. The minimum Gasteiger partial charge on any atom is -0.319 e. The summed E-state index contributed by atoms with van der Waals surface area (Å²) in [4.78, 5) is 0. The number of hydrazone groups is 1. The van der Waals surface area contributed by atoms with Crippen molar-refractivity contribution in [2.45, 2.75) is 33.2 Å². The van der Waals surface area contributed by atoms with E-state index < -0.39 is 13.0 Å². The summed E-state index contributed by atoms with van der Waals surface area (Å²) in [5, 5.41) is 9.60. The van der Waals surface area contributed by atoms with Gasteiger partial charge in [0.1, 0.15) is 0 Å². The quantitative estimate of drug-likeness (QED) is 0.324. The molecule has 0 atom stereocenters. The fourth-order valence-electron chi connectivity index (χ4n) is 2.33. The fraction of sp³-hybridized carbons (Fsp3) is 0.381. The molecule has 28 heavy (non-hydrogen) atoms. The molecule has 4 nitrogen and oxygen atoms in total. The zero-order valence-corrected chi connectivity index (χ0v) is 16.5. The summed E-state index contributed by atoms with van der Waals surface area (Å²) in [6.45, 7) is 4.63. The lowest BCUT2D eigenvalue weighted by Crippen LogP contribution is -2.20. The van der Waals surface area contributed by atoms with Crippen molar-refractivity contribution in [2.75, 3.05) is 20.2 Å². The molecule has 1 aromatic rings. The third-order valence-corrected chi connectivity index (χ3v) is 3.80. The van der Waals surface area contributed by atoms with Crippen molar-refractivity contribution in [2.24, 2.45) is 5.10 Å². The average Bonchev–Trinajstić information content (AvgIpc) is 2.67. The number of halogens is 3. The van der Waals surface area contributed by atoms with Crippen LogP contribution in [0.3, 0.4) is 0 Å². The lowest BCUT2D eigenvalue weighted by atomic mass is 10.2. The number of rotatable bonds is 11. The summed E-state index contributed by atoms with van der Waals surface area (Å²) in [5.74, 6) is 0. The first-order chi connectivity index (χ1) is 13.4. The maximum Gasteiger partial charge on any atom is 0.522 e. The Morgan fingerprint density at radius 2 is 1.89 bits per heavy atom. The highest BCUT2D eigenvalue weighted by atomic mass is 19.4. The van der Waals surface area contributed by atoms with E-state index in [0.29, 0.717) is 12.1 Å². The van der Waals surface area contributed by atoms with Gasteiger partial charge in [-0.05, 0) is 32.0 Å². The molecule has 0 aliphatic carbocycles. The Balaban J connectivity index is 2.88. The SMILES string of the molecule is C/C=C(\C=C/COC(F)(F)F)/C=N/N(Cc1ccccc1)/C(=C/C)CCNC. The Morgan fingerprint density at radius 1 is 1.18 bits per heavy atom. The minimum absolute atomic E-state index is 0.537. The van der Waals surface area contributed by atoms with Gasteiger partial charge in [-0.25, -0.2) is 0 Å². The largest absolute Gasteiger partial charge is 0.522 e. The van der Waals surface area contributed by atoms with Gasteiger partial charge in [-0.3, -0.25) is 9.75 Å². The number of alkyl halides is 3. The Morgan fingerprint density at radius 3 is 2.46 bits per heavy atom. The molecule has 0 spiro atoms. The molecule has 0 amide bonds. The molecular formula is C21H28F3N3O. The van der Waals surface area contributed by atoms with Crippen LogP contribution in [-0.4, -0.2) is 37.8 Å². The summed E-state index contributed by atoms with van der Waals surface area (Å²) in [6.07, 6.45) is 4.46. The van der Waals surface area contributed by atoms with Crippen LogP contribution in [-0.2, 0) is 11.3 Å². The van der Waals surface area contributed by atoms with Crippen LogP contribution >= 0.6 is 0 Å². The third-order valence-electron chi connectivity index (χ3n) is 3.80. The first-order valence-corrected chi connectivity index (χ1v) is 9.08. The molecule has 1 rings (SSSR count). The van der Waals surface area contributed by atoms with E-state index in [0.717, 1.165) is 24.2 Å². The number of allylic oxidation sites excluding steroid dienone is 4. The van der Waals surface area contributed by atoms with Gasteiger partial charge in [-0.1, -0.05) is 54.6 Å². The highest BCUT2D eigenvalue weighted by molar-refractivity contribution is 5.81. The number of hydrogen-bond donors (Lipinski definition) is 1. The van der Waals surface area contributed by atoms with Gasteiger partial charge < -0.3 is 5.32 Å². The van der Waals surface area contributed by atoms with Gasteiger partial charge in [0.15, 0.2) is 0 Å². The molecule has 0 bridgehead atoms. The number of hydrogen-bond acceptors (Lipinski definition) is 4. The maximum atomic E-state index is 12.0. The molecule has 0 radical (unpaired) electrons. The van der Waals surface area contributed by atoms with E-state index in [1.54, 1.807) is 25.3 Å². The third kappa shape index (κ3) is 10.1. The van der Waals surface area contributed by atoms with Crippen molar-refractivity contribution in [3.05, 3.63) is 71.5 Å². The van der Waals surface area contributed by atoms with Gasteiger partial charge in [0, 0.05) is 18.7 Å². The number of nitrogens with zero attached hydrogens (tertiary/aromatic N) is 2. The van der Waals surface area contributed by atoms with E-state index in [-0.39, 0.29) is 0 Å². The first kappa shape index (κ1) is 23.7. The average molecular weight is 395 g/mol. The molecule has 1 N–H and O–H groups in total. The molecule has 0 fully saturated rings. The number of nitrogens with one attached hydrogen (secondary N) is 1. The van der Waals surface area contributed by atoms with Gasteiger partial charge >= 0.3 is 6.36 Å². The van der Waals surface area contributed by atoms with Crippen LogP contribution in [0.1, 0.15) is 25.8 Å². The summed E-state index contributed by atoms with van der Waals surface area (Å²) >= 11 is 0. The van der Waals surface area contributed by atoms with Crippen molar-refractivity contribution < 1.29 is 17.9 Å². The normalized spacial score (nSPS) is 13.6. The van der Waals surface area contributed by atoms with Crippen LogP contribution in [0.5, 0.6) is 0 Å². The molecule has 1 aromatic carbocycles. The van der Waals surface area contributed by atoms with Crippen LogP contribution in [0.2, 0.25) is 0 Å².